The van der Waals surface area contributed by atoms with Crippen molar-refractivity contribution in [1.82, 2.24) is 30.1 Å². The number of methoxy groups -OCH3 is 2. The molecule has 202 valence electrons. The van der Waals surface area contributed by atoms with E-state index in [1.807, 2.05) is 49.4 Å². The van der Waals surface area contributed by atoms with Gasteiger partial charge in [0.05, 0.1) is 32.5 Å². The fraction of sp³-hybridized carbons (Fsp3) is 0.310. The Labute approximate surface area is 226 Å². The van der Waals surface area contributed by atoms with E-state index in [1.165, 1.54) is 0 Å². The van der Waals surface area contributed by atoms with Gasteiger partial charge in [0.2, 0.25) is 0 Å². The number of fused-ring (bicyclic) bond motifs is 1. The van der Waals surface area contributed by atoms with E-state index in [2.05, 4.69) is 38.4 Å². The molecule has 0 aliphatic heterocycles. The van der Waals surface area contributed by atoms with E-state index in [9.17, 15) is 4.79 Å². The van der Waals surface area contributed by atoms with Crippen molar-refractivity contribution in [1.29, 1.82) is 0 Å². The van der Waals surface area contributed by atoms with E-state index < -0.39 is 0 Å². The van der Waals surface area contributed by atoms with Crippen molar-refractivity contribution >= 4 is 10.9 Å². The molecule has 0 saturated carbocycles. The van der Waals surface area contributed by atoms with Gasteiger partial charge in [-0.15, -0.1) is 5.10 Å². The van der Waals surface area contributed by atoms with Crippen molar-refractivity contribution in [2.75, 3.05) is 20.8 Å². The number of aromatic nitrogens is 5. The van der Waals surface area contributed by atoms with Gasteiger partial charge in [0.25, 0.3) is 5.56 Å². The van der Waals surface area contributed by atoms with Crippen molar-refractivity contribution < 1.29 is 13.9 Å². The van der Waals surface area contributed by atoms with E-state index >= 15 is 0 Å². The molecule has 0 atom stereocenters. The molecule has 0 fully saturated rings. The van der Waals surface area contributed by atoms with E-state index in [0.29, 0.717) is 49.1 Å². The van der Waals surface area contributed by atoms with Gasteiger partial charge >= 0.3 is 0 Å². The smallest absolute Gasteiger partial charge is 0.252 e. The predicted octanol–water partition coefficient (Wildman–Crippen LogP) is 4.03. The summed E-state index contributed by atoms with van der Waals surface area (Å²) in [7, 11) is 3.25. The normalized spacial score (nSPS) is 11.4. The lowest BCUT2D eigenvalue weighted by Crippen LogP contribution is -2.30. The summed E-state index contributed by atoms with van der Waals surface area (Å²) in [6.07, 6.45) is 2.36. The minimum absolute atomic E-state index is 0.0949. The maximum absolute atomic E-state index is 13.2. The number of tetrazole rings is 1. The van der Waals surface area contributed by atoms with Crippen molar-refractivity contribution in [2.24, 2.45) is 0 Å². The van der Waals surface area contributed by atoms with Crippen LogP contribution < -0.4 is 15.0 Å². The standard InChI is InChI=1S/C29H32N6O4/c1-19-7-8-20(2)28-24(19)15-22(29(36)30-28)16-34(12-11-21-9-10-25(37-3)26(14-21)38-4)18-27-31-32-33-35(27)17-23-6-5-13-39-23/h5-10,13-15H,11-12,16-18H2,1-4H3,(H,30,36). The number of nitrogens with one attached hydrogen (secondary N) is 1. The molecule has 0 amide bonds. The van der Waals surface area contributed by atoms with Crippen molar-refractivity contribution in [3.63, 3.8) is 0 Å². The second kappa shape index (κ2) is 11.5. The number of H-pyrrole nitrogens is 1. The van der Waals surface area contributed by atoms with Gasteiger partial charge in [-0.25, -0.2) is 4.68 Å². The number of aromatic amines is 1. The summed E-state index contributed by atoms with van der Waals surface area (Å²) in [6.45, 7) is 6.03. The van der Waals surface area contributed by atoms with Crippen LogP contribution in [0.1, 0.15) is 33.8 Å². The van der Waals surface area contributed by atoms with Crippen LogP contribution in [-0.4, -0.2) is 50.9 Å². The predicted molar refractivity (Wildman–Crippen MR) is 147 cm³/mol. The molecule has 3 heterocycles. The molecule has 0 bridgehead atoms. The molecule has 10 nitrogen and oxygen atoms in total. The van der Waals surface area contributed by atoms with Gasteiger partial charge in [-0.3, -0.25) is 9.69 Å². The minimum atomic E-state index is -0.0949. The Bertz CT molecular complexity index is 1620. The Morgan fingerprint density at radius 2 is 1.82 bits per heavy atom. The number of hydrogen-bond acceptors (Lipinski definition) is 8. The van der Waals surface area contributed by atoms with Crippen LogP contribution in [0.4, 0.5) is 0 Å². The highest BCUT2D eigenvalue weighted by atomic mass is 16.5. The lowest BCUT2D eigenvalue weighted by molar-refractivity contribution is 0.247. The highest BCUT2D eigenvalue weighted by Gasteiger charge is 2.17. The second-order valence-electron chi connectivity index (χ2n) is 9.59. The Kier molecular flexibility index (Phi) is 7.74. The van der Waals surface area contributed by atoms with Gasteiger partial charge in [-0.05, 0) is 77.7 Å². The zero-order valence-corrected chi connectivity index (χ0v) is 22.6. The first kappa shape index (κ1) is 26.2. The average molecular weight is 529 g/mol. The maximum atomic E-state index is 13.2. The van der Waals surface area contributed by atoms with Crippen LogP contribution in [0.25, 0.3) is 10.9 Å². The molecule has 0 radical (unpaired) electrons. The van der Waals surface area contributed by atoms with Gasteiger partial charge in [-0.1, -0.05) is 18.2 Å². The Morgan fingerprint density at radius 3 is 2.59 bits per heavy atom. The van der Waals surface area contributed by atoms with Crippen LogP contribution >= 0.6 is 0 Å². The zero-order valence-electron chi connectivity index (χ0n) is 22.6. The van der Waals surface area contributed by atoms with Gasteiger partial charge in [0.1, 0.15) is 12.3 Å². The number of benzene rings is 2. The Balaban J connectivity index is 1.43. The lowest BCUT2D eigenvalue weighted by Gasteiger charge is -2.22. The summed E-state index contributed by atoms with van der Waals surface area (Å²) in [5, 5.41) is 13.4. The SMILES string of the molecule is COc1ccc(CCN(Cc2cc3c(C)ccc(C)c3[nH]c2=O)Cc2nnnn2Cc2ccco2)cc1OC. The molecule has 39 heavy (non-hydrogen) atoms. The van der Waals surface area contributed by atoms with E-state index in [4.69, 9.17) is 13.9 Å². The number of rotatable bonds is 11. The van der Waals surface area contributed by atoms with Crippen molar-refractivity contribution in [3.05, 3.63) is 99.0 Å². The monoisotopic (exact) mass is 528 g/mol. The van der Waals surface area contributed by atoms with Gasteiger partial charge in [0.15, 0.2) is 17.3 Å². The van der Waals surface area contributed by atoms with E-state index in [-0.39, 0.29) is 5.56 Å². The molecular formula is C29H32N6O4. The summed E-state index contributed by atoms with van der Waals surface area (Å²) in [5.74, 6) is 2.81. The third kappa shape index (κ3) is 5.85. The molecular weight excluding hydrogens is 496 g/mol. The molecule has 10 heteroatoms. The van der Waals surface area contributed by atoms with Crippen LogP contribution in [0, 0.1) is 13.8 Å². The molecule has 5 rings (SSSR count). The number of furan rings is 1. The highest BCUT2D eigenvalue weighted by Crippen LogP contribution is 2.28. The molecule has 0 spiro atoms. The number of pyridine rings is 1. The molecule has 2 aromatic carbocycles. The molecule has 0 saturated heterocycles. The Hall–Kier alpha value is -4.44. The minimum Gasteiger partial charge on any atom is -0.493 e. The third-order valence-electron chi connectivity index (χ3n) is 6.94. The first-order valence-corrected chi connectivity index (χ1v) is 12.8. The highest BCUT2D eigenvalue weighted by molar-refractivity contribution is 5.85. The van der Waals surface area contributed by atoms with Gasteiger partial charge < -0.3 is 18.9 Å². The molecule has 0 unspecified atom stereocenters. The second-order valence-corrected chi connectivity index (χ2v) is 9.59. The summed E-state index contributed by atoms with van der Waals surface area (Å²) >= 11 is 0. The number of nitrogens with zero attached hydrogens (tertiary/aromatic N) is 5. The fourth-order valence-electron chi connectivity index (χ4n) is 4.72. The summed E-state index contributed by atoms with van der Waals surface area (Å²) in [4.78, 5) is 18.5. The first-order valence-electron chi connectivity index (χ1n) is 12.8. The van der Waals surface area contributed by atoms with Crippen molar-refractivity contribution in [3.8, 4) is 11.5 Å². The number of ether oxygens (including phenoxy) is 2. The van der Waals surface area contributed by atoms with Crippen LogP contribution in [0.15, 0.2) is 64.0 Å². The zero-order chi connectivity index (χ0) is 27.4. The van der Waals surface area contributed by atoms with Crippen molar-refractivity contribution in [2.45, 2.75) is 39.9 Å². The summed E-state index contributed by atoms with van der Waals surface area (Å²) in [6, 6.07) is 15.7. The molecule has 1 N–H and O–H groups in total. The van der Waals surface area contributed by atoms with Gasteiger partial charge in [0, 0.05) is 24.0 Å². The van der Waals surface area contributed by atoms with Crippen LogP contribution in [0.2, 0.25) is 0 Å². The first-order chi connectivity index (χ1) is 18.9. The molecule has 0 aliphatic rings. The quantitative estimate of drug-likeness (QED) is 0.274. The fourth-order valence-corrected chi connectivity index (χ4v) is 4.72. The van der Waals surface area contributed by atoms with Gasteiger partial charge in [-0.2, -0.15) is 0 Å². The van der Waals surface area contributed by atoms with E-state index in [0.717, 1.165) is 39.8 Å². The average Bonchev–Trinajstić information content (AvgIpc) is 3.62. The molecule has 0 aliphatic carbocycles. The summed E-state index contributed by atoms with van der Waals surface area (Å²) < 4.78 is 18.1. The van der Waals surface area contributed by atoms with E-state index in [1.54, 1.807) is 25.2 Å². The topological polar surface area (TPSA) is 111 Å². The van der Waals surface area contributed by atoms with Crippen LogP contribution in [0.5, 0.6) is 11.5 Å². The number of hydrogen-bond donors (Lipinski definition) is 1. The third-order valence-corrected chi connectivity index (χ3v) is 6.94. The number of aryl methyl sites for hydroxylation is 2. The van der Waals surface area contributed by atoms with Crippen LogP contribution in [0.3, 0.4) is 0 Å². The maximum Gasteiger partial charge on any atom is 0.252 e. The largest absolute Gasteiger partial charge is 0.493 e. The summed E-state index contributed by atoms with van der Waals surface area (Å²) in [5.41, 5.74) is 4.72. The molecule has 5 aromatic rings. The molecule has 3 aromatic heterocycles. The van der Waals surface area contributed by atoms with Crippen LogP contribution in [-0.2, 0) is 26.1 Å². The Morgan fingerprint density at radius 1 is 1.00 bits per heavy atom. The lowest BCUT2D eigenvalue weighted by atomic mass is 10.0.